The lowest BCUT2D eigenvalue weighted by molar-refractivity contribution is 0.00578. The first-order valence-corrected chi connectivity index (χ1v) is 7.68. The summed E-state index contributed by atoms with van der Waals surface area (Å²) in [5, 5.41) is 0. The zero-order valence-corrected chi connectivity index (χ0v) is 13.5. The van der Waals surface area contributed by atoms with Crippen LogP contribution in [0.15, 0.2) is 11.5 Å². The van der Waals surface area contributed by atoms with Gasteiger partial charge in [0.15, 0.2) is 0 Å². The third kappa shape index (κ3) is 3.80. The number of allylic oxidation sites excluding steroid dienone is 2. The van der Waals surface area contributed by atoms with E-state index in [-0.39, 0.29) is 18.3 Å². The summed E-state index contributed by atoms with van der Waals surface area (Å²) in [6, 6.07) is 0. The van der Waals surface area contributed by atoms with Gasteiger partial charge in [-0.15, -0.1) is 0 Å². The van der Waals surface area contributed by atoms with E-state index in [0.29, 0.717) is 12.5 Å². The van der Waals surface area contributed by atoms with E-state index >= 15 is 0 Å². The summed E-state index contributed by atoms with van der Waals surface area (Å²) >= 11 is 0. The van der Waals surface area contributed by atoms with E-state index < -0.39 is 6.09 Å². The molecule has 0 bridgehead atoms. The van der Waals surface area contributed by atoms with Crippen LogP contribution in [0, 0.1) is 5.92 Å². The Morgan fingerprint density at radius 2 is 2.00 bits per heavy atom. The fraction of sp³-hybridized carbons (Fsp3) is 0.800. The molecule has 1 unspecified atom stereocenters. The SMILES string of the molecule is CC1(C)OB(C2=CCC(CCOC(N)=O)CC2)OC1(C)C. The van der Waals surface area contributed by atoms with Crippen molar-refractivity contribution in [3.05, 3.63) is 11.5 Å². The van der Waals surface area contributed by atoms with E-state index in [0.717, 1.165) is 25.7 Å². The van der Waals surface area contributed by atoms with Gasteiger partial charge in [-0.3, -0.25) is 0 Å². The molecule has 2 rings (SSSR count). The predicted molar refractivity (Wildman–Crippen MR) is 81.7 cm³/mol. The van der Waals surface area contributed by atoms with E-state index in [2.05, 4.69) is 33.8 Å². The minimum absolute atomic E-state index is 0.224. The van der Waals surface area contributed by atoms with E-state index in [1.165, 1.54) is 5.47 Å². The molecular weight excluding hydrogens is 269 g/mol. The molecule has 0 aromatic heterocycles. The number of amides is 1. The quantitative estimate of drug-likeness (QED) is 0.810. The number of hydrogen-bond donors (Lipinski definition) is 1. The molecule has 0 spiro atoms. The average molecular weight is 295 g/mol. The van der Waals surface area contributed by atoms with Gasteiger partial charge in [0.2, 0.25) is 0 Å². The van der Waals surface area contributed by atoms with Gasteiger partial charge in [0, 0.05) is 0 Å². The fourth-order valence-electron chi connectivity index (χ4n) is 2.71. The lowest BCUT2D eigenvalue weighted by atomic mass is 9.70. The molecule has 2 aliphatic rings. The first-order chi connectivity index (χ1) is 9.71. The highest BCUT2D eigenvalue weighted by atomic mass is 16.7. The van der Waals surface area contributed by atoms with Crippen LogP contribution in [0.2, 0.25) is 0 Å². The number of rotatable bonds is 4. The molecule has 2 N–H and O–H groups in total. The Hall–Kier alpha value is -1.01. The van der Waals surface area contributed by atoms with Crippen LogP contribution in [0.1, 0.15) is 53.4 Å². The Balaban J connectivity index is 1.85. The molecule has 5 nitrogen and oxygen atoms in total. The minimum Gasteiger partial charge on any atom is -0.450 e. The van der Waals surface area contributed by atoms with Crippen molar-refractivity contribution in [3.8, 4) is 0 Å². The molecular formula is C15H26BNO4. The van der Waals surface area contributed by atoms with Crippen molar-refractivity contribution in [3.63, 3.8) is 0 Å². The number of carbonyl (C=O) groups excluding carboxylic acids is 1. The van der Waals surface area contributed by atoms with Gasteiger partial charge < -0.3 is 19.8 Å². The van der Waals surface area contributed by atoms with Gasteiger partial charge in [-0.2, -0.15) is 0 Å². The lowest BCUT2D eigenvalue weighted by Crippen LogP contribution is -2.41. The number of primary amides is 1. The maximum atomic E-state index is 10.5. The number of hydrogen-bond acceptors (Lipinski definition) is 4. The monoisotopic (exact) mass is 295 g/mol. The third-order valence-corrected chi connectivity index (χ3v) is 4.88. The summed E-state index contributed by atoms with van der Waals surface area (Å²) in [6.45, 7) is 8.68. The molecule has 118 valence electrons. The summed E-state index contributed by atoms with van der Waals surface area (Å²) in [4.78, 5) is 10.5. The first-order valence-electron chi connectivity index (χ1n) is 7.68. The molecule has 1 fully saturated rings. The maximum absolute atomic E-state index is 10.5. The predicted octanol–water partition coefficient (Wildman–Crippen LogP) is 2.83. The zero-order valence-electron chi connectivity index (χ0n) is 13.5. The van der Waals surface area contributed by atoms with Crippen molar-refractivity contribution < 1.29 is 18.8 Å². The topological polar surface area (TPSA) is 70.8 Å². The smallest absolute Gasteiger partial charge is 0.450 e. The molecule has 1 saturated heterocycles. The molecule has 1 amide bonds. The van der Waals surface area contributed by atoms with E-state index in [1.807, 2.05) is 0 Å². The van der Waals surface area contributed by atoms with Crippen LogP contribution in [0.3, 0.4) is 0 Å². The standard InChI is InChI=1S/C15H26BNO4/c1-14(2)15(3,4)21-16(20-14)12-7-5-11(6-8-12)9-10-19-13(17)18/h7,11H,5-6,8-10H2,1-4H3,(H2,17,18). The van der Waals surface area contributed by atoms with Gasteiger partial charge >= 0.3 is 13.2 Å². The van der Waals surface area contributed by atoms with Crippen LogP contribution < -0.4 is 5.73 Å². The second kappa shape index (κ2) is 6.01. The summed E-state index contributed by atoms with van der Waals surface area (Å²) in [5.74, 6) is 0.538. The normalized spacial score (nSPS) is 27.3. The Morgan fingerprint density at radius 1 is 1.38 bits per heavy atom. The Labute approximate surface area is 127 Å². The van der Waals surface area contributed by atoms with E-state index in [1.54, 1.807) is 0 Å². The fourth-order valence-corrected chi connectivity index (χ4v) is 2.71. The highest BCUT2D eigenvalue weighted by molar-refractivity contribution is 6.54. The van der Waals surface area contributed by atoms with Crippen molar-refractivity contribution in [2.24, 2.45) is 11.7 Å². The van der Waals surface area contributed by atoms with E-state index in [4.69, 9.17) is 19.8 Å². The molecule has 0 aromatic carbocycles. The average Bonchev–Trinajstić information content (AvgIpc) is 2.59. The summed E-state index contributed by atoms with van der Waals surface area (Å²) < 4.78 is 16.9. The lowest BCUT2D eigenvalue weighted by Gasteiger charge is -2.32. The molecule has 1 atom stereocenters. The van der Waals surface area contributed by atoms with Crippen LogP contribution >= 0.6 is 0 Å². The summed E-state index contributed by atoms with van der Waals surface area (Å²) in [5.41, 5.74) is 5.62. The Morgan fingerprint density at radius 3 is 2.48 bits per heavy atom. The van der Waals surface area contributed by atoms with Crippen LogP contribution in [0.5, 0.6) is 0 Å². The van der Waals surface area contributed by atoms with Gasteiger partial charge in [0.1, 0.15) is 0 Å². The van der Waals surface area contributed by atoms with Gasteiger partial charge in [-0.1, -0.05) is 6.08 Å². The number of nitrogens with two attached hydrogens (primary N) is 1. The molecule has 1 heterocycles. The second-order valence-corrected chi connectivity index (χ2v) is 6.96. The molecule has 0 aromatic rings. The molecule has 6 heteroatoms. The highest BCUT2D eigenvalue weighted by Gasteiger charge is 2.52. The van der Waals surface area contributed by atoms with Crippen molar-refractivity contribution in [2.75, 3.05) is 6.61 Å². The Kier molecular flexibility index (Phi) is 4.68. The minimum atomic E-state index is -0.695. The number of carbonyl (C=O) groups is 1. The number of ether oxygens (including phenoxy) is 1. The van der Waals surface area contributed by atoms with Gasteiger partial charge in [-0.25, -0.2) is 4.79 Å². The molecule has 0 radical (unpaired) electrons. The summed E-state index contributed by atoms with van der Waals surface area (Å²) in [6.07, 6.45) is 5.40. The molecule has 1 aliphatic carbocycles. The van der Waals surface area contributed by atoms with Gasteiger partial charge in [0.05, 0.1) is 17.8 Å². The van der Waals surface area contributed by atoms with Crippen LogP contribution in [-0.4, -0.2) is 31.0 Å². The van der Waals surface area contributed by atoms with Gasteiger partial charge in [0.25, 0.3) is 0 Å². The van der Waals surface area contributed by atoms with Gasteiger partial charge in [-0.05, 0) is 64.8 Å². The van der Waals surface area contributed by atoms with E-state index in [9.17, 15) is 4.79 Å². The first kappa shape index (κ1) is 16.4. The molecule has 21 heavy (non-hydrogen) atoms. The highest BCUT2D eigenvalue weighted by Crippen LogP contribution is 2.40. The molecule has 0 saturated carbocycles. The van der Waals surface area contributed by atoms with Crippen molar-refractivity contribution in [1.82, 2.24) is 0 Å². The maximum Gasteiger partial charge on any atom is 0.490 e. The largest absolute Gasteiger partial charge is 0.490 e. The third-order valence-electron chi connectivity index (χ3n) is 4.88. The van der Waals surface area contributed by atoms with Crippen molar-refractivity contribution in [2.45, 2.75) is 64.6 Å². The second-order valence-electron chi connectivity index (χ2n) is 6.96. The van der Waals surface area contributed by atoms with Crippen molar-refractivity contribution in [1.29, 1.82) is 0 Å². The van der Waals surface area contributed by atoms with Crippen molar-refractivity contribution >= 4 is 13.2 Å². The molecule has 1 aliphatic heterocycles. The van der Waals surface area contributed by atoms with Crippen LogP contribution in [-0.2, 0) is 14.0 Å². The van der Waals surface area contributed by atoms with Crippen LogP contribution in [0.4, 0.5) is 4.79 Å². The summed E-state index contributed by atoms with van der Waals surface area (Å²) in [7, 11) is -0.224. The zero-order chi connectivity index (χ0) is 15.7. The Bertz CT molecular complexity index is 417. The van der Waals surface area contributed by atoms with Crippen LogP contribution in [0.25, 0.3) is 0 Å².